The summed E-state index contributed by atoms with van der Waals surface area (Å²) >= 11 is 12.1. The minimum Gasteiger partial charge on any atom is -0.320 e. The third-order valence-electron chi connectivity index (χ3n) is 4.68. The number of hydrogen-bond acceptors (Lipinski definition) is 1. The van der Waals surface area contributed by atoms with Crippen LogP contribution in [0.5, 0.6) is 0 Å². The van der Waals surface area contributed by atoms with Crippen molar-refractivity contribution in [1.82, 2.24) is 4.90 Å². The van der Waals surface area contributed by atoms with Crippen LogP contribution in [0.4, 0.5) is 28.0 Å². The van der Waals surface area contributed by atoms with Gasteiger partial charge in [0.25, 0.3) is 0 Å². The van der Waals surface area contributed by atoms with Crippen molar-refractivity contribution in [2.75, 3.05) is 11.9 Å². The molecule has 0 aliphatic rings. The first-order chi connectivity index (χ1) is 15.1. The van der Waals surface area contributed by atoms with Crippen LogP contribution in [0.1, 0.15) is 16.7 Å². The Morgan fingerprint density at radius 2 is 1.69 bits per heavy atom. The summed E-state index contributed by atoms with van der Waals surface area (Å²) in [4.78, 5) is 14.3. The Bertz CT molecular complexity index is 1090. The van der Waals surface area contributed by atoms with Crippen molar-refractivity contribution in [3.05, 3.63) is 99.3 Å². The van der Waals surface area contributed by atoms with Crippen LogP contribution in [0, 0.1) is 5.82 Å². The molecule has 9 heteroatoms. The molecule has 0 unspecified atom stereocenters. The van der Waals surface area contributed by atoms with Crippen LogP contribution in [-0.4, -0.2) is 17.5 Å². The zero-order valence-corrected chi connectivity index (χ0v) is 18.1. The van der Waals surface area contributed by atoms with E-state index in [-0.39, 0.29) is 18.8 Å². The number of nitrogens with one attached hydrogen (secondary N) is 1. The molecule has 3 rings (SSSR count). The molecule has 0 radical (unpaired) electrons. The molecule has 0 saturated carbocycles. The van der Waals surface area contributed by atoms with E-state index in [0.717, 1.165) is 17.7 Å². The number of alkyl halides is 3. The van der Waals surface area contributed by atoms with Crippen LogP contribution in [0.15, 0.2) is 66.7 Å². The van der Waals surface area contributed by atoms with E-state index in [4.69, 9.17) is 23.2 Å². The first-order valence-electron chi connectivity index (χ1n) is 9.53. The highest BCUT2D eigenvalue weighted by Crippen LogP contribution is 2.30. The van der Waals surface area contributed by atoms with E-state index in [0.29, 0.717) is 22.0 Å². The predicted molar refractivity (Wildman–Crippen MR) is 117 cm³/mol. The molecule has 0 aliphatic carbocycles. The molecule has 3 aromatic rings. The van der Waals surface area contributed by atoms with Gasteiger partial charge in [-0.3, -0.25) is 0 Å². The van der Waals surface area contributed by atoms with Gasteiger partial charge in [0, 0.05) is 28.8 Å². The second kappa shape index (κ2) is 10.2. The first-order valence-corrected chi connectivity index (χ1v) is 10.3. The minimum absolute atomic E-state index is 0.0125. The van der Waals surface area contributed by atoms with E-state index in [9.17, 15) is 22.4 Å². The van der Waals surface area contributed by atoms with Crippen molar-refractivity contribution in [3.8, 4) is 0 Å². The number of amides is 2. The number of carbonyl (C=O) groups is 1. The van der Waals surface area contributed by atoms with Crippen LogP contribution in [-0.2, 0) is 19.1 Å². The Morgan fingerprint density at radius 1 is 0.969 bits per heavy atom. The van der Waals surface area contributed by atoms with E-state index in [1.165, 1.54) is 41.3 Å². The fourth-order valence-electron chi connectivity index (χ4n) is 3.02. The maximum atomic E-state index is 13.2. The minimum atomic E-state index is -4.53. The fraction of sp³-hybridized carbons (Fsp3) is 0.174. The summed E-state index contributed by atoms with van der Waals surface area (Å²) in [5.41, 5.74) is 0.562. The molecule has 0 heterocycles. The van der Waals surface area contributed by atoms with Gasteiger partial charge in [0.1, 0.15) is 5.82 Å². The topological polar surface area (TPSA) is 32.3 Å². The van der Waals surface area contributed by atoms with Crippen LogP contribution < -0.4 is 5.32 Å². The molecule has 0 aliphatic heterocycles. The maximum Gasteiger partial charge on any atom is 0.416 e. The molecule has 0 aromatic heterocycles. The van der Waals surface area contributed by atoms with Crippen LogP contribution in [0.25, 0.3) is 0 Å². The van der Waals surface area contributed by atoms with Crippen molar-refractivity contribution in [1.29, 1.82) is 0 Å². The Balaban J connectivity index is 1.79. The summed E-state index contributed by atoms with van der Waals surface area (Å²) in [7, 11) is 0. The number of anilines is 1. The second-order valence-electron chi connectivity index (χ2n) is 7.04. The normalized spacial score (nSPS) is 11.3. The van der Waals surface area contributed by atoms with Gasteiger partial charge in [-0.1, -0.05) is 47.5 Å². The largest absolute Gasteiger partial charge is 0.416 e. The molecule has 3 nitrogen and oxygen atoms in total. The predicted octanol–water partition coefficient (Wildman–Crippen LogP) is 7.43. The smallest absolute Gasteiger partial charge is 0.320 e. The third kappa shape index (κ3) is 6.61. The highest BCUT2D eigenvalue weighted by molar-refractivity contribution is 6.35. The van der Waals surface area contributed by atoms with Crippen LogP contribution in [0.2, 0.25) is 10.0 Å². The van der Waals surface area contributed by atoms with E-state index in [2.05, 4.69) is 5.32 Å². The average molecular weight is 485 g/mol. The summed E-state index contributed by atoms with van der Waals surface area (Å²) in [6, 6.07) is 14.4. The number of carbonyl (C=O) groups excluding carboxylic acids is 1. The Hall–Kier alpha value is -2.77. The zero-order chi connectivity index (χ0) is 23.3. The van der Waals surface area contributed by atoms with E-state index in [1.807, 2.05) is 0 Å². The first kappa shape index (κ1) is 23.9. The highest BCUT2D eigenvalue weighted by Gasteiger charge is 2.30. The molecule has 3 aromatic carbocycles. The molecular weight excluding hydrogens is 467 g/mol. The quantitative estimate of drug-likeness (QED) is 0.362. The van der Waals surface area contributed by atoms with Crippen molar-refractivity contribution in [3.63, 3.8) is 0 Å². The number of nitrogens with zero attached hydrogens (tertiary/aromatic N) is 1. The van der Waals surface area contributed by atoms with Crippen molar-refractivity contribution in [2.45, 2.75) is 19.1 Å². The van der Waals surface area contributed by atoms with Gasteiger partial charge in [0.05, 0.1) is 5.56 Å². The van der Waals surface area contributed by atoms with Gasteiger partial charge in [-0.2, -0.15) is 13.2 Å². The maximum absolute atomic E-state index is 13.2. The summed E-state index contributed by atoms with van der Waals surface area (Å²) in [5, 5.41) is 3.42. The average Bonchev–Trinajstić information content (AvgIpc) is 2.73. The van der Waals surface area contributed by atoms with Gasteiger partial charge in [-0.25, -0.2) is 9.18 Å². The van der Waals surface area contributed by atoms with E-state index < -0.39 is 23.6 Å². The molecule has 0 bridgehead atoms. The SMILES string of the molecule is O=C(Nc1cccc(C(F)(F)F)c1)N(CCc1ccc(Cl)cc1Cl)Cc1ccc(F)cc1. The number of hydrogen-bond donors (Lipinski definition) is 1. The number of rotatable bonds is 6. The highest BCUT2D eigenvalue weighted by atomic mass is 35.5. The molecule has 0 spiro atoms. The van der Waals surface area contributed by atoms with Gasteiger partial charge >= 0.3 is 12.2 Å². The van der Waals surface area contributed by atoms with Gasteiger partial charge in [-0.05, 0) is 60.0 Å². The summed E-state index contributed by atoms with van der Waals surface area (Å²) < 4.78 is 52.2. The Morgan fingerprint density at radius 3 is 2.34 bits per heavy atom. The zero-order valence-electron chi connectivity index (χ0n) is 16.6. The Kier molecular flexibility index (Phi) is 7.64. The van der Waals surface area contributed by atoms with Gasteiger partial charge < -0.3 is 10.2 Å². The second-order valence-corrected chi connectivity index (χ2v) is 7.89. The molecule has 168 valence electrons. The molecule has 32 heavy (non-hydrogen) atoms. The summed E-state index contributed by atoms with van der Waals surface area (Å²) in [6.45, 7) is 0.333. The van der Waals surface area contributed by atoms with Gasteiger partial charge in [0.15, 0.2) is 0 Å². The van der Waals surface area contributed by atoms with Crippen LogP contribution in [0.3, 0.4) is 0 Å². The lowest BCUT2D eigenvalue weighted by molar-refractivity contribution is -0.137. The lowest BCUT2D eigenvalue weighted by atomic mass is 10.1. The van der Waals surface area contributed by atoms with Gasteiger partial charge in [0.2, 0.25) is 0 Å². The monoisotopic (exact) mass is 484 g/mol. The molecule has 0 atom stereocenters. The van der Waals surface area contributed by atoms with E-state index >= 15 is 0 Å². The lowest BCUT2D eigenvalue weighted by Gasteiger charge is -2.24. The molecule has 2 amide bonds. The fourth-order valence-corrected chi connectivity index (χ4v) is 3.52. The van der Waals surface area contributed by atoms with E-state index in [1.54, 1.807) is 18.2 Å². The lowest BCUT2D eigenvalue weighted by Crippen LogP contribution is -2.36. The number of urea groups is 1. The molecular formula is C23H18Cl2F4N2O. The van der Waals surface area contributed by atoms with Crippen molar-refractivity contribution >= 4 is 34.9 Å². The Labute approximate surface area is 192 Å². The van der Waals surface area contributed by atoms with Crippen LogP contribution >= 0.6 is 23.2 Å². The van der Waals surface area contributed by atoms with Crippen molar-refractivity contribution in [2.24, 2.45) is 0 Å². The third-order valence-corrected chi connectivity index (χ3v) is 5.27. The van der Waals surface area contributed by atoms with Crippen molar-refractivity contribution < 1.29 is 22.4 Å². The number of halogens is 6. The molecule has 0 fully saturated rings. The summed E-state index contributed by atoms with van der Waals surface area (Å²) in [6.07, 6.45) is -4.15. The molecule has 0 saturated heterocycles. The van der Waals surface area contributed by atoms with Gasteiger partial charge in [-0.15, -0.1) is 0 Å². The standard InChI is InChI=1S/C23H18Cl2F4N2O/c24-18-7-6-16(21(25)13-18)10-11-31(14-15-4-8-19(26)9-5-15)22(32)30-20-3-1-2-17(12-20)23(27,28)29/h1-9,12-13H,10-11,14H2,(H,30,32). The molecule has 1 N–H and O–H groups in total. The number of benzene rings is 3. The summed E-state index contributed by atoms with van der Waals surface area (Å²) in [5.74, 6) is -0.415.